The Morgan fingerprint density at radius 1 is 1.14 bits per heavy atom. The van der Waals surface area contributed by atoms with Crippen molar-refractivity contribution in [3.05, 3.63) is 58.2 Å². The van der Waals surface area contributed by atoms with Gasteiger partial charge in [-0.1, -0.05) is 17.7 Å². The van der Waals surface area contributed by atoms with Crippen molar-refractivity contribution in [1.29, 1.82) is 0 Å². The van der Waals surface area contributed by atoms with Crippen LogP contribution in [0.4, 0.5) is 5.69 Å². The molecule has 0 spiro atoms. The van der Waals surface area contributed by atoms with Crippen LogP contribution in [0.5, 0.6) is 11.5 Å². The zero-order valence-corrected chi connectivity index (χ0v) is 17.5. The van der Waals surface area contributed by atoms with Crippen molar-refractivity contribution in [2.75, 3.05) is 25.7 Å². The maximum atomic E-state index is 13.4. The van der Waals surface area contributed by atoms with E-state index in [1.165, 1.54) is 0 Å². The Kier molecular flexibility index (Phi) is 5.33. The van der Waals surface area contributed by atoms with Crippen molar-refractivity contribution in [3.63, 3.8) is 0 Å². The van der Waals surface area contributed by atoms with Crippen LogP contribution in [0, 0.1) is 0 Å². The van der Waals surface area contributed by atoms with Crippen molar-refractivity contribution >= 4 is 34.1 Å². The van der Waals surface area contributed by atoms with E-state index in [4.69, 9.17) is 26.1 Å². The Bertz CT molecular complexity index is 1100. The second-order valence-corrected chi connectivity index (χ2v) is 7.40. The van der Waals surface area contributed by atoms with Crippen molar-refractivity contribution in [1.82, 2.24) is 4.98 Å². The topological polar surface area (TPSA) is 51.7 Å². The van der Waals surface area contributed by atoms with E-state index >= 15 is 0 Å². The van der Waals surface area contributed by atoms with E-state index < -0.39 is 0 Å². The van der Waals surface area contributed by atoms with Gasteiger partial charge in [0.15, 0.2) is 0 Å². The number of rotatable bonds is 5. The highest BCUT2D eigenvalue weighted by Gasteiger charge is 2.23. The van der Waals surface area contributed by atoms with Crippen LogP contribution in [-0.4, -0.2) is 31.7 Å². The van der Waals surface area contributed by atoms with Crippen LogP contribution in [0.3, 0.4) is 0 Å². The fourth-order valence-electron chi connectivity index (χ4n) is 3.93. The minimum absolute atomic E-state index is 0.126. The van der Waals surface area contributed by atoms with Gasteiger partial charge in [-0.2, -0.15) is 0 Å². The summed E-state index contributed by atoms with van der Waals surface area (Å²) >= 11 is 6.61. The Morgan fingerprint density at radius 3 is 2.69 bits per heavy atom. The van der Waals surface area contributed by atoms with E-state index in [1.54, 1.807) is 25.2 Å². The van der Waals surface area contributed by atoms with Gasteiger partial charge < -0.3 is 14.4 Å². The summed E-state index contributed by atoms with van der Waals surface area (Å²) in [5.74, 6) is 1.15. The first-order valence-electron chi connectivity index (χ1n) is 9.72. The summed E-state index contributed by atoms with van der Waals surface area (Å²) in [5, 5.41) is 1.66. The minimum Gasteiger partial charge on any atom is -0.497 e. The smallest absolute Gasteiger partial charge is 0.258 e. The van der Waals surface area contributed by atoms with Gasteiger partial charge in [-0.3, -0.25) is 9.78 Å². The fourth-order valence-corrected chi connectivity index (χ4v) is 4.29. The number of nitrogens with zero attached hydrogens (tertiary/aromatic N) is 2. The lowest BCUT2D eigenvalue weighted by Gasteiger charge is -2.24. The van der Waals surface area contributed by atoms with E-state index in [0.717, 1.165) is 46.4 Å². The van der Waals surface area contributed by atoms with Crippen LogP contribution < -0.4 is 14.4 Å². The third kappa shape index (κ3) is 3.40. The molecule has 5 nitrogen and oxygen atoms in total. The number of carbonyl (C=O) groups excluding carboxylic acids is 1. The van der Waals surface area contributed by atoms with E-state index in [-0.39, 0.29) is 5.91 Å². The average Bonchev–Trinajstić information content (AvgIpc) is 3.22. The number of pyridine rings is 1. The number of amides is 1. The maximum Gasteiger partial charge on any atom is 0.258 e. The molecule has 1 heterocycles. The molecule has 0 aliphatic heterocycles. The van der Waals surface area contributed by atoms with Crippen molar-refractivity contribution in [3.8, 4) is 11.5 Å². The second kappa shape index (κ2) is 7.91. The van der Waals surface area contributed by atoms with Crippen LogP contribution in [0.25, 0.3) is 10.9 Å². The number of aryl methyl sites for hydroxylation is 1. The molecule has 3 aromatic rings. The van der Waals surface area contributed by atoms with Crippen LogP contribution in [0.2, 0.25) is 5.02 Å². The Hall–Kier alpha value is -2.79. The average molecular weight is 411 g/mol. The predicted molar refractivity (Wildman–Crippen MR) is 116 cm³/mol. The zero-order chi connectivity index (χ0) is 20.5. The standard InChI is InChI=1S/C23H23ClN2O3/c1-4-26(20-13-15(28-2)9-11-21(20)29-3)23(27)14-8-10-17-19(12-14)25-18-7-5-6-16(18)22(17)24/h8-13H,4-7H2,1-3H3. The van der Waals surface area contributed by atoms with Crippen LogP contribution in [0.1, 0.15) is 35.0 Å². The monoisotopic (exact) mass is 410 g/mol. The lowest BCUT2D eigenvalue weighted by molar-refractivity contribution is 0.0987. The summed E-state index contributed by atoms with van der Waals surface area (Å²) in [6.07, 6.45) is 2.98. The van der Waals surface area contributed by atoms with E-state index in [0.29, 0.717) is 29.3 Å². The van der Waals surface area contributed by atoms with Gasteiger partial charge in [0.1, 0.15) is 11.5 Å². The number of hydrogen-bond donors (Lipinski definition) is 0. The third-order valence-electron chi connectivity index (χ3n) is 5.43. The zero-order valence-electron chi connectivity index (χ0n) is 16.8. The molecule has 1 amide bonds. The van der Waals surface area contributed by atoms with Gasteiger partial charge in [0.2, 0.25) is 0 Å². The lowest BCUT2D eigenvalue weighted by Crippen LogP contribution is -2.31. The van der Waals surface area contributed by atoms with Gasteiger partial charge >= 0.3 is 0 Å². The third-order valence-corrected chi connectivity index (χ3v) is 5.86. The molecule has 0 radical (unpaired) electrons. The largest absolute Gasteiger partial charge is 0.497 e. The molecule has 6 heteroatoms. The molecule has 150 valence electrons. The lowest BCUT2D eigenvalue weighted by atomic mass is 10.1. The SMILES string of the molecule is CCN(C(=O)c1ccc2c(Cl)c3c(nc2c1)CCC3)c1cc(OC)ccc1OC. The summed E-state index contributed by atoms with van der Waals surface area (Å²) in [5.41, 5.74) is 4.18. The molecule has 0 saturated heterocycles. The number of halogens is 1. The second-order valence-electron chi connectivity index (χ2n) is 7.02. The van der Waals surface area contributed by atoms with E-state index in [2.05, 4.69) is 0 Å². The van der Waals surface area contributed by atoms with Crippen molar-refractivity contribution in [2.24, 2.45) is 0 Å². The number of hydrogen-bond acceptors (Lipinski definition) is 4. The molecule has 0 atom stereocenters. The summed E-state index contributed by atoms with van der Waals surface area (Å²) < 4.78 is 10.8. The van der Waals surface area contributed by atoms with Gasteiger partial charge in [-0.15, -0.1) is 0 Å². The minimum atomic E-state index is -0.126. The van der Waals surface area contributed by atoms with E-state index in [9.17, 15) is 4.79 Å². The number of ether oxygens (including phenoxy) is 2. The molecule has 1 aliphatic carbocycles. The number of methoxy groups -OCH3 is 2. The Labute approximate surface area is 175 Å². The van der Waals surface area contributed by atoms with Crippen LogP contribution in [-0.2, 0) is 12.8 Å². The first-order valence-corrected chi connectivity index (χ1v) is 10.1. The summed E-state index contributed by atoms with van der Waals surface area (Å²) in [6.45, 7) is 2.42. The molecule has 2 aromatic carbocycles. The van der Waals surface area contributed by atoms with Gasteiger partial charge in [-0.05, 0) is 56.0 Å². The maximum absolute atomic E-state index is 13.4. The van der Waals surface area contributed by atoms with E-state index in [1.807, 2.05) is 37.3 Å². The van der Waals surface area contributed by atoms with Crippen LogP contribution in [0.15, 0.2) is 36.4 Å². The first-order chi connectivity index (χ1) is 14.1. The van der Waals surface area contributed by atoms with Crippen molar-refractivity contribution in [2.45, 2.75) is 26.2 Å². The fraction of sp³-hybridized carbons (Fsp3) is 0.304. The number of carbonyl (C=O) groups is 1. The molecule has 1 aliphatic rings. The molecule has 4 rings (SSSR count). The van der Waals surface area contributed by atoms with Crippen molar-refractivity contribution < 1.29 is 14.3 Å². The summed E-state index contributed by atoms with van der Waals surface area (Å²) in [6, 6.07) is 11.0. The highest BCUT2D eigenvalue weighted by atomic mass is 35.5. The molecule has 0 saturated carbocycles. The molecule has 1 aromatic heterocycles. The number of benzene rings is 2. The first kappa shape index (κ1) is 19.5. The Morgan fingerprint density at radius 2 is 1.97 bits per heavy atom. The predicted octanol–water partition coefficient (Wildman–Crippen LogP) is 5.06. The number of anilines is 1. The molecule has 0 unspecified atom stereocenters. The normalized spacial score (nSPS) is 12.7. The van der Waals surface area contributed by atoms with Crippen LogP contribution >= 0.6 is 11.6 Å². The summed E-state index contributed by atoms with van der Waals surface area (Å²) in [7, 11) is 3.19. The van der Waals surface area contributed by atoms with Gasteiger partial charge in [-0.25, -0.2) is 0 Å². The molecule has 0 bridgehead atoms. The highest BCUT2D eigenvalue weighted by Crippen LogP contribution is 2.35. The number of fused-ring (bicyclic) bond motifs is 2. The molecule has 0 fully saturated rings. The molecular formula is C23H23ClN2O3. The summed E-state index contributed by atoms with van der Waals surface area (Å²) in [4.78, 5) is 19.8. The molecule has 29 heavy (non-hydrogen) atoms. The number of aromatic nitrogens is 1. The van der Waals surface area contributed by atoms with Gasteiger partial charge in [0.25, 0.3) is 5.91 Å². The van der Waals surface area contributed by atoms with Gasteiger partial charge in [0, 0.05) is 29.3 Å². The molecular weight excluding hydrogens is 388 g/mol. The van der Waals surface area contributed by atoms with Gasteiger partial charge in [0.05, 0.1) is 30.4 Å². The Balaban J connectivity index is 1.77. The molecule has 0 N–H and O–H groups in total. The highest BCUT2D eigenvalue weighted by molar-refractivity contribution is 6.36. The quantitative estimate of drug-likeness (QED) is 0.589.